The number of sulfonamides is 1. The predicted molar refractivity (Wildman–Crippen MR) is 84.0 cm³/mol. The van der Waals surface area contributed by atoms with Gasteiger partial charge in [0.1, 0.15) is 4.21 Å². The van der Waals surface area contributed by atoms with Gasteiger partial charge in [0.25, 0.3) is 10.0 Å². The smallest absolute Gasteiger partial charge is 0.273 e. The summed E-state index contributed by atoms with van der Waals surface area (Å²) in [7, 11) is -3.62. The highest BCUT2D eigenvalue weighted by molar-refractivity contribution is 7.94. The number of imidazole rings is 1. The van der Waals surface area contributed by atoms with Gasteiger partial charge in [-0.25, -0.2) is 18.1 Å². The summed E-state index contributed by atoms with van der Waals surface area (Å²) in [5.74, 6) is 0.213. The molecule has 4 N–H and O–H groups in total. The van der Waals surface area contributed by atoms with Crippen molar-refractivity contribution < 1.29 is 8.42 Å². The van der Waals surface area contributed by atoms with E-state index in [9.17, 15) is 8.42 Å². The SMILES string of the molecule is NCCc1ccc(S(=O)(=O)Nc2nc3ccccc3[nH]2)s1. The van der Waals surface area contributed by atoms with Crippen molar-refractivity contribution in [3.05, 3.63) is 41.3 Å². The molecule has 0 fully saturated rings. The van der Waals surface area contributed by atoms with Gasteiger partial charge in [-0.3, -0.25) is 0 Å². The number of nitrogens with zero attached hydrogens (tertiary/aromatic N) is 1. The van der Waals surface area contributed by atoms with Gasteiger partial charge in [-0.1, -0.05) is 12.1 Å². The number of thiophene rings is 1. The van der Waals surface area contributed by atoms with Gasteiger partial charge in [-0.2, -0.15) is 0 Å². The largest absolute Gasteiger partial charge is 0.330 e. The fraction of sp³-hybridized carbons (Fsp3) is 0.154. The minimum atomic E-state index is -3.62. The van der Waals surface area contributed by atoms with Crippen LogP contribution in [0.1, 0.15) is 4.88 Å². The summed E-state index contributed by atoms with van der Waals surface area (Å²) >= 11 is 1.22. The number of aromatic amines is 1. The molecule has 3 rings (SSSR count). The fourth-order valence-corrected chi connectivity index (χ4v) is 4.29. The van der Waals surface area contributed by atoms with Crippen LogP contribution in [0.25, 0.3) is 11.0 Å². The molecule has 0 bridgehead atoms. The highest BCUT2D eigenvalue weighted by Gasteiger charge is 2.18. The van der Waals surface area contributed by atoms with Crippen LogP contribution in [0.3, 0.4) is 0 Å². The minimum absolute atomic E-state index is 0.213. The minimum Gasteiger partial charge on any atom is -0.330 e. The summed E-state index contributed by atoms with van der Waals surface area (Å²) in [6.07, 6.45) is 0.671. The molecule has 2 heterocycles. The van der Waals surface area contributed by atoms with E-state index in [2.05, 4.69) is 14.7 Å². The first kappa shape index (κ1) is 14.1. The van der Waals surface area contributed by atoms with Crippen LogP contribution in [0.15, 0.2) is 40.6 Å². The van der Waals surface area contributed by atoms with E-state index in [4.69, 9.17) is 5.73 Å². The molecule has 0 amide bonds. The molecular formula is C13H14N4O2S2. The van der Waals surface area contributed by atoms with Crippen LogP contribution in [-0.4, -0.2) is 24.9 Å². The van der Waals surface area contributed by atoms with Crippen molar-refractivity contribution in [2.45, 2.75) is 10.6 Å². The molecule has 0 spiro atoms. The van der Waals surface area contributed by atoms with Gasteiger partial charge in [0.05, 0.1) is 11.0 Å². The van der Waals surface area contributed by atoms with Crippen LogP contribution in [0.4, 0.5) is 5.95 Å². The summed E-state index contributed by atoms with van der Waals surface area (Å²) in [5, 5.41) is 0. The zero-order valence-corrected chi connectivity index (χ0v) is 12.7. The van der Waals surface area contributed by atoms with E-state index in [1.165, 1.54) is 11.3 Å². The van der Waals surface area contributed by atoms with Crippen molar-refractivity contribution in [2.75, 3.05) is 11.3 Å². The van der Waals surface area contributed by atoms with Crippen LogP contribution in [-0.2, 0) is 16.4 Å². The summed E-state index contributed by atoms with van der Waals surface area (Å²) in [4.78, 5) is 8.09. The molecule has 6 nitrogen and oxygen atoms in total. The molecule has 0 saturated heterocycles. The molecule has 0 saturated carbocycles. The first-order chi connectivity index (χ1) is 10.1. The Hall–Kier alpha value is -1.90. The number of H-pyrrole nitrogens is 1. The third-order valence-electron chi connectivity index (χ3n) is 2.91. The molecule has 0 aliphatic heterocycles. The average molecular weight is 322 g/mol. The Morgan fingerprint density at radius 2 is 2.05 bits per heavy atom. The molecule has 0 aliphatic carbocycles. The fourth-order valence-electron chi connectivity index (χ4n) is 1.96. The summed E-state index contributed by atoms with van der Waals surface area (Å²) in [5.41, 5.74) is 6.97. The molecule has 0 radical (unpaired) electrons. The van der Waals surface area contributed by atoms with Gasteiger partial charge in [-0.15, -0.1) is 11.3 Å². The number of benzene rings is 1. The van der Waals surface area contributed by atoms with Crippen molar-refractivity contribution in [1.29, 1.82) is 0 Å². The number of fused-ring (bicyclic) bond motifs is 1. The van der Waals surface area contributed by atoms with Gasteiger partial charge in [-0.05, 0) is 37.2 Å². The Morgan fingerprint density at radius 1 is 1.24 bits per heavy atom. The molecule has 8 heteroatoms. The van der Waals surface area contributed by atoms with E-state index < -0.39 is 10.0 Å². The van der Waals surface area contributed by atoms with Crippen molar-refractivity contribution in [1.82, 2.24) is 9.97 Å². The van der Waals surface area contributed by atoms with Crippen LogP contribution >= 0.6 is 11.3 Å². The maximum Gasteiger partial charge on any atom is 0.273 e. The lowest BCUT2D eigenvalue weighted by molar-refractivity contribution is 0.603. The molecule has 1 aromatic carbocycles. The van der Waals surface area contributed by atoms with E-state index >= 15 is 0 Å². The normalized spacial score (nSPS) is 11.9. The molecule has 21 heavy (non-hydrogen) atoms. The van der Waals surface area contributed by atoms with Gasteiger partial charge >= 0.3 is 0 Å². The highest BCUT2D eigenvalue weighted by Crippen LogP contribution is 2.24. The first-order valence-electron chi connectivity index (χ1n) is 6.35. The monoisotopic (exact) mass is 322 g/mol. The third kappa shape index (κ3) is 2.92. The standard InChI is InChI=1S/C13H14N4O2S2/c14-8-7-9-5-6-12(20-9)21(18,19)17-13-15-10-3-1-2-4-11(10)16-13/h1-6H,7-8,14H2,(H2,15,16,17). The molecule has 3 aromatic rings. The van der Waals surface area contributed by atoms with Gasteiger partial charge < -0.3 is 10.7 Å². The first-order valence-corrected chi connectivity index (χ1v) is 8.65. The van der Waals surface area contributed by atoms with E-state index in [0.29, 0.717) is 18.5 Å². The molecular weight excluding hydrogens is 308 g/mol. The Morgan fingerprint density at radius 3 is 2.81 bits per heavy atom. The molecule has 2 aromatic heterocycles. The lowest BCUT2D eigenvalue weighted by atomic mass is 10.3. The topological polar surface area (TPSA) is 101 Å². The maximum absolute atomic E-state index is 12.3. The number of nitrogens with one attached hydrogen (secondary N) is 2. The third-order valence-corrected chi connectivity index (χ3v) is 5.89. The summed E-state index contributed by atoms with van der Waals surface area (Å²) in [6.45, 7) is 0.497. The van der Waals surface area contributed by atoms with Crippen LogP contribution in [0, 0.1) is 0 Å². The van der Waals surface area contributed by atoms with Gasteiger partial charge in [0.15, 0.2) is 0 Å². The van der Waals surface area contributed by atoms with Crippen molar-refractivity contribution in [3.8, 4) is 0 Å². The second-order valence-electron chi connectivity index (χ2n) is 4.47. The number of aromatic nitrogens is 2. The molecule has 0 aliphatic rings. The molecule has 0 atom stereocenters. The lowest BCUT2D eigenvalue weighted by Crippen LogP contribution is -2.12. The zero-order chi connectivity index (χ0) is 14.9. The van der Waals surface area contributed by atoms with E-state index in [1.807, 2.05) is 24.3 Å². The van der Waals surface area contributed by atoms with Crippen molar-refractivity contribution in [3.63, 3.8) is 0 Å². The Balaban J connectivity index is 1.87. The van der Waals surface area contributed by atoms with Crippen LogP contribution in [0.2, 0.25) is 0 Å². The molecule has 110 valence electrons. The van der Waals surface area contributed by atoms with Crippen LogP contribution in [0.5, 0.6) is 0 Å². The van der Waals surface area contributed by atoms with E-state index in [-0.39, 0.29) is 10.2 Å². The Labute approximate surface area is 126 Å². The molecule has 0 unspecified atom stereocenters. The second-order valence-corrected chi connectivity index (χ2v) is 7.55. The van der Waals surface area contributed by atoms with E-state index in [1.54, 1.807) is 12.1 Å². The number of rotatable bonds is 5. The number of hydrogen-bond donors (Lipinski definition) is 3. The number of para-hydroxylation sites is 2. The zero-order valence-electron chi connectivity index (χ0n) is 11.0. The lowest BCUT2D eigenvalue weighted by Gasteiger charge is -2.01. The second kappa shape index (κ2) is 5.47. The van der Waals surface area contributed by atoms with Gasteiger partial charge in [0, 0.05) is 4.88 Å². The Kier molecular flexibility index (Phi) is 3.66. The Bertz CT molecular complexity index is 834. The van der Waals surface area contributed by atoms with Crippen LogP contribution < -0.4 is 10.5 Å². The average Bonchev–Trinajstić information content (AvgIpc) is 3.04. The quantitative estimate of drug-likeness (QED) is 0.668. The maximum atomic E-state index is 12.3. The number of hydrogen-bond acceptors (Lipinski definition) is 5. The summed E-state index contributed by atoms with van der Waals surface area (Å²) in [6, 6.07) is 10.7. The highest BCUT2D eigenvalue weighted by atomic mass is 32.2. The predicted octanol–water partition coefficient (Wildman–Crippen LogP) is 1.93. The number of anilines is 1. The van der Waals surface area contributed by atoms with Gasteiger partial charge in [0.2, 0.25) is 5.95 Å². The number of nitrogens with two attached hydrogens (primary N) is 1. The summed E-state index contributed by atoms with van der Waals surface area (Å²) < 4.78 is 27.3. The van der Waals surface area contributed by atoms with Crippen molar-refractivity contribution in [2.24, 2.45) is 5.73 Å². The van der Waals surface area contributed by atoms with Crippen molar-refractivity contribution >= 4 is 38.3 Å². The van der Waals surface area contributed by atoms with E-state index in [0.717, 1.165) is 10.4 Å².